The minimum Gasteiger partial charge on any atom is -0.504 e. The van der Waals surface area contributed by atoms with Gasteiger partial charge < -0.3 is 54.3 Å². The van der Waals surface area contributed by atoms with Crippen LogP contribution in [0.1, 0.15) is 25.3 Å². The number of aromatic hydroxyl groups is 2. The van der Waals surface area contributed by atoms with Crippen LogP contribution in [0.2, 0.25) is 0 Å². The number of esters is 2. The average molecular weight is 543 g/mol. The molecule has 1 aromatic carbocycles. The van der Waals surface area contributed by atoms with Crippen LogP contribution in [0.5, 0.6) is 11.5 Å². The van der Waals surface area contributed by atoms with Crippen molar-refractivity contribution in [1.82, 2.24) is 0 Å². The van der Waals surface area contributed by atoms with E-state index in [1.165, 1.54) is 19.2 Å². The Labute approximate surface area is 218 Å². The SMILES string of the molecule is CC[C@H]1[C@H](O[C@@H]2O[C@@H](CO)[C@@H](O)[C@H](O)[C@H]2O)OC=C(C(=O)OC)[C@H]1CC(=O)OCCc1ccc(O)c(O)c1. The van der Waals surface area contributed by atoms with Crippen molar-refractivity contribution in [2.24, 2.45) is 11.8 Å². The fourth-order valence-corrected chi connectivity index (χ4v) is 4.50. The van der Waals surface area contributed by atoms with Gasteiger partial charge in [-0.1, -0.05) is 13.0 Å². The highest BCUT2D eigenvalue weighted by molar-refractivity contribution is 5.89. The van der Waals surface area contributed by atoms with Crippen molar-refractivity contribution in [3.63, 3.8) is 0 Å². The molecular weight excluding hydrogens is 508 g/mol. The Morgan fingerprint density at radius 2 is 1.76 bits per heavy atom. The standard InChI is InChI=1S/C25H34O13/c1-3-13-14(9-19(29)35-7-6-12-4-5-16(27)17(28)8-12)15(23(33)34-2)11-36-24(13)38-25-22(32)21(31)20(30)18(10-26)37-25/h4-5,8,11,13-14,18,20-22,24-28,30-32H,3,6-7,9-10H2,1-2H3/t13-,14+,18+,20-,21+,22-,24+,25+/m1/s1. The molecule has 0 aromatic heterocycles. The number of phenols is 2. The van der Waals surface area contributed by atoms with E-state index in [4.69, 9.17) is 23.7 Å². The summed E-state index contributed by atoms with van der Waals surface area (Å²) in [5.74, 6) is -3.28. The van der Waals surface area contributed by atoms with Gasteiger partial charge in [-0.2, -0.15) is 0 Å². The molecule has 2 aliphatic heterocycles. The highest BCUT2D eigenvalue weighted by Crippen LogP contribution is 2.38. The maximum Gasteiger partial charge on any atom is 0.337 e. The first-order chi connectivity index (χ1) is 18.1. The number of hydrogen-bond acceptors (Lipinski definition) is 13. The van der Waals surface area contributed by atoms with Crippen molar-refractivity contribution in [3.8, 4) is 11.5 Å². The van der Waals surface area contributed by atoms with Crippen LogP contribution in [-0.4, -0.2) is 99.9 Å². The molecule has 1 fully saturated rings. The van der Waals surface area contributed by atoms with Crippen LogP contribution in [0.15, 0.2) is 30.0 Å². The van der Waals surface area contributed by atoms with Gasteiger partial charge in [0, 0.05) is 18.3 Å². The van der Waals surface area contributed by atoms with Crippen LogP contribution < -0.4 is 0 Å². The maximum absolute atomic E-state index is 12.7. The summed E-state index contributed by atoms with van der Waals surface area (Å²) >= 11 is 0. The predicted octanol–water partition coefficient (Wildman–Crippen LogP) is -0.554. The van der Waals surface area contributed by atoms with E-state index in [9.17, 15) is 40.2 Å². The van der Waals surface area contributed by atoms with Gasteiger partial charge >= 0.3 is 11.9 Å². The first-order valence-corrected chi connectivity index (χ1v) is 12.2. The second-order valence-electron chi connectivity index (χ2n) is 9.08. The molecule has 2 heterocycles. The van der Waals surface area contributed by atoms with Gasteiger partial charge in [-0.05, 0) is 24.1 Å². The molecule has 0 saturated carbocycles. The van der Waals surface area contributed by atoms with Crippen LogP contribution in [0.4, 0.5) is 0 Å². The molecule has 0 amide bonds. The first-order valence-electron chi connectivity index (χ1n) is 12.2. The summed E-state index contributed by atoms with van der Waals surface area (Å²) in [5.41, 5.74) is 0.710. The predicted molar refractivity (Wildman–Crippen MR) is 126 cm³/mol. The zero-order valence-corrected chi connectivity index (χ0v) is 21.0. The summed E-state index contributed by atoms with van der Waals surface area (Å²) in [6.07, 6.45) is -7.21. The molecule has 8 atom stereocenters. The molecule has 2 aliphatic rings. The Morgan fingerprint density at radius 3 is 2.39 bits per heavy atom. The molecule has 0 radical (unpaired) electrons. The Morgan fingerprint density at radius 1 is 1.03 bits per heavy atom. The number of aliphatic hydroxyl groups is 4. The molecule has 212 valence electrons. The molecule has 1 saturated heterocycles. The second-order valence-corrected chi connectivity index (χ2v) is 9.08. The number of carbonyl (C=O) groups excluding carboxylic acids is 2. The molecule has 13 nitrogen and oxygen atoms in total. The van der Waals surface area contributed by atoms with Crippen molar-refractivity contribution < 1.29 is 63.9 Å². The third kappa shape index (κ3) is 6.73. The molecule has 0 aliphatic carbocycles. The summed E-state index contributed by atoms with van der Waals surface area (Å²) in [4.78, 5) is 25.2. The molecule has 3 rings (SSSR count). The van der Waals surface area contributed by atoms with Crippen molar-refractivity contribution in [2.45, 2.75) is 63.2 Å². The molecule has 6 N–H and O–H groups in total. The lowest BCUT2D eigenvalue weighted by Crippen LogP contribution is -2.60. The molecule has 0 bridgehead atoms. The minimum atomic E-state index is -1.66. The molecule has 1 aromatic rings. The Bertz CT molecular complexity index is 993. The van der Waals surface area contributed by atoms with E-state index in [1.54, 1.807) is 13.0 Å². The minimum absolute atomic E-state index is 0.0227. The molecule has 13 heteroatoms. The van der Waals surface area contributed by atoms with Crippen LogP contribution in [-0.2, 0) is 39.7 Å². The van der Waals surface area contributed by atoms with E-state index >= 15 is 0 Å². The molecule has 38 heavy (non-hydrogen) atoms. The van der Waals surface area contributed by atoms with Crippen molar-refractivity contribution in [2.75, 3.05) is 20.3 Å². The van der Waals surface area contributed by atoms with Crippen molar-refractivity contribution >= 4 is 11.9 Å². The normalized spacial score (nSPS) is 31.2. The maximum atomic E-state index is 12.7. The van der Waals surface area contributed by atoms with Gasteiger partial charge in [0.25, 0.3) is 0 Å². The van der Waals surface area contributed by atoms with Crippen LogP contribution in [0.3, 0.4) is 0 Å². The number of aliphatic hydroxyl groups excluding tert-OH is 4. The van der Waals surface area contributed by atoms with Crippen molar-refractivity contribution in [3.05, 3.63) is 35.6 Å². The van der Waals surface area contributed by atoms with E-state index in [0.29, 0.717) is 12.0 Å². The first kappa shape index (κ1) is 29.6. The smallest absolute Gasteiger partial charge is 0.337 e. The van der Waals surface area contributed by atoms with Gasteiger partial charge in [0.2, 0.25) is 6.29 Å². The lowest BCUT2D eigenvalue weighted by molar-refractivity contribution is -0.341. The Kier molecular flexibility index (Phi) is 10.3. The van der Waals surface area contributed by atoms with E-state index in [1.807, 2.05) is 0 Å². The van der Waals surface area contributed by atoms with Gasteiger partial charge in [0.1, 0.15) is 24.4 Å². The monoisotopic (exact) mass is 542 g/mol. The summed E-state index contributed by atoms with van der Waals surface area (Å²) in [6.45, 7) is 1.11. The second kappa shape index (κ2) is 13.2. The van der Waals surface area contributed by atoms with Crippen molar-refractivity contribution in [1.29, 1.82) is 0 Å². The molecule has 0 spiro atoms. The summed E-state index contributed by atoms with van der Waals surface area (Å²) in [5, 5.41) is 58.8. The molecular formula is C25H34O13. The topological polar surface area (TPSA) is 202 Å². The number of rotatable bonds is 10. The van der Waals surface area contributed by atoms with E-state index in [2.05, 4.69) is 0 Å². The lowest BCUT2D eigenvalue weighted by Gasteiger charge is -2.43. The fourth-order valence-electron chi connectivity index (χ4n) is 4.50. The number of methoxy groups -OCH3 is 1. The van der Waals surface area contributed by atoms with Gasteiger partial charge in [-0.25, -0.2) is 4.79 Å². The Balaban J connectivity index is 1.70. The van der Waals surface area contributed by atoms with Crippen LogP contribution in [0.25, 0.3) is 0 Å². The largest absolute Gasteiger partial charge is 0.504 e. The van der Waals surface area contributed by atoms with Gasteiger partial charge in [-0.15, -0.1) is 0 Å². The number of carbonyl (C=O) groups is 2. The number of phenolic OH excluding ortho intramolecular Hbond substituents is 2. The lowest BCUT2D eigenvalue weighted by atomic mass is 9.80. The summed E-state index contributed by atoms with van der Waals surface area (Å²) in [7, 11) is 1.18. The highest BCUT2D eigenvalue weighted by Gasteiger charge is 2.48. The van der Waals surface area contributed by atoms with Crippen LogP contribution in [0, 0.1) is 11.8 Å². The molecule has 0 unspecified atom stereocenters. The number of ether oxygens (including phenoxy) is 5. The van der Waals surface area contributed by atoms with Gasteiger partial charge in [0.05, 0.1) is 38.6 Å². The van der Waals surface area contributed by atoms with E-state index < -0.39 is 67.4 Å². The average Bonchev–Trinajstić information content (AvgIpc) is 2.90. The third-order valence-electron chi connectivity index (χ3n) is 6.68. The number of hydrogen-bond donors (Lipinski definition) is 6. The highest BCUT2D eigenvalue weighted by atomic mass is 16.8. The fraction of sp³-hybridized carbons (Fsp3) is 0.600. The summed E-state index contributed by atoms with van der Waals surface area (Å²) < 4.78 is 26.9. The van der Waals surface area contributed by atoms with E-state index in [-0.39, 0.29) is 36.5 Å². The van der Waals surface area contributed by atoms with Gasteiger partial charge in [-0.3, -0.25) is 4.79 Å². The summed E-state index contributed by atoms with van der Waals surface area (Å²) in [6, 6.07) is 4.25. The van der Waals surface area contributed by atoms with Crippen LogP contribution >= 0.6 is 0 Å². The zero-order chi connectivity index (χ0) is 28.0. The zero-order valence-electron chi connectivity index (χ0n) is 21.0. The van der Waals surface area contributed by atoms with Gasteiger partial charge in [0.15, 0.2) is 17.8 Å². The van der Waals surface area contributed by atoms with E-state index in [0.717, 1.165) is 6.26 Å². The number of benzene rings is 1. The Hall–Kier alpha value is -2.94. The quantitative estimate of drug-likeness (QED) is 0.162. The third-order valence-corrected chi connectivity index (χ3v) is 6.68.